The van der Waals surface area contributed by atoms with Gasteiger partial charge in [0.2, 0.25) is 0 Å². The number of nitrogens with one attached hydrogen (secondary N) is 2. The topological polar surface area (TPSA) is 106 Å². The van der Waals surface area contributed by atoms with E-state index in [4.69, 9.17) is 9.52 Å². The number of hydrogen-bond acceptors (Lipinski definition) is 6. The van der Waals surface area contributed by atoms with Crippen LogP contribution in [0.5, 0.6) is 0 Å². The van der Waals surface area contributed by atoms with Gasteiger partial charge >= 0.3 is 12.1 Å². The molecule has 0 saturated heterocycles. The average molecular weight is 399 g/mol. The van der Waals surface area contributed by atoms with E-state index in [-0.39, 0.29) is 17.9 Å². The number of hydrogen-bond donors (Lipinski definition) is 2. The van der Waals surface area contributed by atoms with Gasteiger partial charge in [0.25, 0.3) is 0 Å². The maximum absolute atomic E-state index is 12.5. The third kappa shape index (κ3) is 9.98. The van der Waals surface area contributed by atoms with E-state index in [1.165, 1.54) is 7.11 Å². The largest absolute Gasteiger partial charge is 0.467 e. The molecule has 0 spiro atoms. The summed E-state index contributed by atoms with van der Waals surface area (Å²) in [6.07, 6.45) is 0.667. The molecular formula is C19H30N2O5S. The molecule has 2 N–H and O–H groups in total. The Kier molecular flexibility index (Phi) is 8.75. The van der Waals surface area contributed by atoms with Gasteiger partial charge in [-0.05, 0) is 45.6 Å². The molecule has 0 aromatic heterocycles. The summed E-state index contributed by atoms with van der Waals surface area (Å²) >= 11 is 0. The Bertz CT molecular complexity index is 711. The second-order valence-electron chi connectivity index (χ2n) is 7.32. The minimum atomic E-state index is -2.86. The Balaban J connectivity index is 2.54. The van der Waals surface area contributed by atoms with E-state index in [0.29, 0.717) is 6.42 Å². The Labute approximate surface area is 161 Å². The predicted octanol–water partition coefficient (Wildman–Crippen LogP) is 3.12. The van der Waals surface area contributed by atoms with Gasteiger partial charge in [-0.3, -0.25) is 4.78 Å². The van der Waals surface area contributed by atoms with E-state index in [9.17, 15) is 13.8 Å². The van der Waals surface area contributed by atoms with Crippen LogP contribution >= 0.6 is 0 Å². The molecular weight excluding hydrogens is 368 g/mol. The van der Waals surface area contributed by atoms with Crippen LogP contribution in [-0.2, 0) is 30.4 Å². The maximum atomic E-state index is 12.5. The smallest absolute Gasteiger partial charge is 0.408 e. The highest BCUT2D eigenvalue weighted by Gasteiger charge is 2.26. The lowest BCUT2D eigenvalue weighted by Gasteiger charge is -2.22. The van der Waals surface area contributed by atoms with Crippen molar-refractivity contribution in [2.75, 3.05) is 18.6 Å². The lowest BCUT2D eigenvalue weighted by molar-refractivity contribution is -0.143. The van der Waals surface area contributed by atoms with E-state index in [2.05, 4.69) is 10.1 Å². The third-order valence-corrected chi connectivity index (χ3v) is 5.54. The monoisotopic (exact) mass is 398 g/mol. The van der Waals surface area contributed by atoms with Gasteiger partial charge in [0.15, 0.2) is 0 Å². The lowest BCUT2D eigenvalue weighted by atomic mass is 10.1. The molecule has 0 aliphatic heterocycles. The van der Waals surface area contributed by atoms with Crippen LogP contribution in [0.25, 0.3) is 0 Å². The molecule has 0 saturated carbocycles. The van der Waals surface area contributed by atoms with Crippen LogP contribution in [0.3, 0.4) is 0 Å². The molecule has 1 aromatic carbocycles. The van der Waals surface area contributed by atoms with Gasteiger partial charge in [-0.2, -0.15) is 0 Å². The molecule has 1 amide bonds. The Morgan fingerprint density at radius 1 is 1.19 bits per heavy atom. The summed E-state index contributed by atoms with van der Waals surface area (Å²) in [5.74, 6) is -0.417. The Morgan fingerprint density at radius 2 is 1.81 bits per heavy atom. The van der Waals surface area contributed by atoms with E-state index in [1.54, 1.807) is 20.8 Å². The Hall–Kier alpha value is -2.09. The van der Waals surface area contributed by atoms with Crippen molar-refractivity contribution in [2.45, 2.75) is 51.7 Å². The van der Waals surface area contributed by atoms with Crippen LogP contribution in [0.2, 0.25) is 0 Å². The average Bonchev–Trinajstić information content (AvgIpc) is 2.57. The summed E-state index contributed by atoms with van der Waals surface area (Å²) in [4.78, 5) is 23.8. The van der Waals surface area contributed by atoms with E-state index < -0.39 is 33.4 Å². The zero-order chi connectivity index (χ0) is 20.5. The molecule has 8 heteroatoms. The first-order chi connectivity index (χ1) is 12.5. The number of ether oxygens (including phenoxy) is 2. The third-order valence-electron chi connectivity index (χ3n) is 3.70. The molecule has 2 atom stereocenters. The number of alkyl carbamates (subject to hydrolysis) is 1. The first-order valence-electron chi connectivity index (χ1n) is 8.88. The molecule has 0 aliphatic carbocycles. The van der Waals surface area contributed by atoms with Gasteiger partial charge < -0.3 is 14.8 Å². The van der Waals surface area contributed by atoms with Crippen molar-refractivity contribution in [3.8, 4) is 0 Å². The summed E-state index contributed by atoms with van der Waals surface area (Å²) in [6.45, 7) is 5.13. The normalized spacial score (nSPS) is 14.7. The fourth-order valence-electron chi connectivity index (χ4n) is 2.41. The zero-order valence-corrected chi connectivity index (χ0v) is 17.3. The van der Waals surface area contributed by atoms with E-state index in [0.717, 1.165) is 12.0 Å². The zero-order valence-electron chi connectivity index (χ0n) is 16.4. The van der Waals surface area contributed by atoms with Gasteiger partial charge in [-0.25, -0.2) is 13.8 Å². The molecule has 27 heavy (non-hydrogen) atoms. The van der Waals surface area contributed by atoms with Crippen molar-refractivity contribution < 1.29 is 23.3 Å². The summed E-state index contributed by atoms with van der Waals surface area (Å²) < 4.78 is 30.3. The number of methoxy groups -OCH3 is 1. The van der Waals surface area contributed by atoms with Crippen LogP contribution in [-0.4, -0.2) is 46.5 Å². The molecule has 0 fully saturated rings. The first-order valence-corrected chi connectivity index (χ1v) is 10.8. The molecule has 1 unspecified atom stereocenters. The summed E-state index contributed by atoms with van der Waals surface area (Å²) in [7, 11) is -1.65. The molecule has 152 valence electrons. The van der Waals surface area contributed by atoms with Gasteiger partial charge in [-0.15, -0.1) is 0 Å². The summed E-state index contributed by atoms with van der Waals surface area (Å²) in [5.41, 5.74) is 0.428. The minimum Gasteiger partial charge on any atom is -0.467 e. The predicted molar refractivity (Wildman–Crippen MR) is 105 cm³/mol. The summed E-state index contributed by atoms with van der Waals surface area (Å²) in [5, 5.41) is 2.43. The first kappa shape index (κ1) is 23.0. The molecule has 0 bridgehead atoms. The van der Waals surface area contributed by atoms with E-state index in [1.807, 2.05) is 30.3 Å². The number of esters is 1. The molecule has 0 radical (unpaired) electrons. The van der Waals surface area contributed by atoms with Crippen molar-refractivity contribution in [3.05, 3.63) is 35.9 Å². The second kappa shape index (κ2) is 10.3. The number of rotatable bonds is 9. The highest BCUT2D eigenvalue weighted by Crippen LogP contribution is 2.10. The fraction of sp³-hybridized carbons (Fsp3) is 0.579. The van der Waals surface area contributed by atoms with Crippen molar-refractivity contribution in [3.63, 3.8) is 0 Å². The lowest BCUT2D eigenvalue weighted by Crippen LogP contribution is -2.44. The molecule has 1 rings (SSSR count). The maximum Gasteiger partial charge on any atom is 0.408 e. The number of benzene rings is 1. The molecule has 1 aromatic rings. The van der Waals surface area contributed by atoms with Crippen LogP contribution in [0.4, 0.5) is 4.79 Å². The SMILES string of the molecule is COC(=O)[C@H](CCS(=N)(=O)CCCc1ccccc1)NC(=O)OC(C)(C)C. The van der Waals surface area contributed by atoms with Crippen molar-refractivity contribution in [1.82, 2.24) is 5.32 Å². The van der Waals surface area contributed by atoms with Gasteiger partial charge in [0.1, 0.15) is 11.6 Å². The van der Waals surface area contributed by atoms with Crippen LogP contribution in [0, 0.1) is 4.78 Å². The van der Waals surface area contributed by atoms with Crippen molar-refractivity contribution in [1.29, 1.82) is 4.78 Å². The Morgan fingerprint density at radius 3 is 2.37 bits per heavy atom. The molecule has 7 nitrogen and oxygen atoms in total. The standard InChI is InChI=1S/C19H30N2O5S/c1-19(2,3)26-18(23)21-16(17(22)25-4)12-14-27(20,24)13-8-11-15-9-6-5-7-10-15/h5-7,9-10,16,20H,8,11-14H2,1-4H3,(H,21,23)/t16-,27?/m0/s1. The number of aryl methyl sites for hydroxylation is 1. The van der Waals surface area contributed by atoms with Crippen molar-refractivity contribution in [2.24, 2.45) is 0 Å². The van der Waals surface area contributed by atoms with Crippen molar-refractivity contribution >= 4 is 21.8 Å². The fourth-order valence-corrected chi connectivity index (χ4v) is 3.84. The van der Waals surface area contributed by atoms with Gasteiger partial charge in [0.05, 0.1) is 7.11 Å². The van der Waals surface area contributed by atoms with Crippen LogP contribution in [0.1, 0.15) is 39.2 Å². The highest BCUT2D eigenvalue weighted by atomic mass is 32.2. The molecule has 0 heterocycles. The minimum absolute atomic E-state index is 0.00262. The van der Waals surface area contributed by atoms with Gasteiger partial charge in [-0.1, -0.05) is 30.3 Å². The number of carbonyl (C=O) groups is 2. The molecule has 0 aliphatic rings. The number of carbonyl (C=O) groups excluding carboxylic acids is 2. The van der Waals surface area contributed by atoms with E-state index >= 15 is 0 Å². The summed E-state index contributed by atoms with van der Waals surface area (Å²) in [6, 6.07) is 8.80. The van der Waals surface area contributed by atoms with Gasteiger partial charge in [0, 0.05) is 21.2 Å². The second-order valence-corrected chi connectivity index (χ2v) is 9.76. The highest BCUT2D eigenvalue weighted by molar-refractivity contribution is 7.92. The number of amides is 1. The van der Waals surface area contributed by atoms with Crippen LogP contribution in [0.15, 0.2) is 30.3 Å². The van der Waals surface area contributed by atoms with Crippen LogP contribution < -0.4 is 5.32 Å². The quantitative estimate of drug-likeness (QED) is 0.622.